The Kier molecular flexibility index (Phi) is 4.75. The molecule has 0 radical (unpaired) electrons. The van der Waals surface area contributed by atoms with E-state index in [1.54, 1.807) is 0 Å². The van der Waals surface area contributed by atoms with E-state index >= 15 is 0 Å². The second-order valence-electron chi connectivity index (χ2n) is 7.18. The topological polar surface area (TPSA) is 41.6 Å². The van der Waals surface area contributed by atoms with Gasteiger partial charge in [-0.2, -0.15) is 0 Å². The zero-order valence-electron chi connectivity index (χ0n) is 13.5. The Bertz CT molecular complexity index is 346. The van der Waals surface area contributed by atoms with Gasteiger partial charge < -0.3 is 9.64 Å². The van der Waals surface area contributed by atoms with Crippen molar-refractivity contribution in [2.45, 2.75) is 64.5 Å². The molecule has 2 fully saturated rings. The highest BCUT2D eigenvalue weighted by atomic mass is 16.5. The van der Waals surface area contributed by atoms with Crippen molar-refractivity contribution in [1.29, 1.82) is 0 Å². The van der Waals surface area contributed by atoms with Crippen molar-refractivity contribution in [2.75, 3.05) is 26.7 Å². The summed E-state index contributed by atoms with van der Waals surface area (Å²) in [6.45, 7) is 9.59. The highest BCUT2D eigenvalue weighted by Crippen LogP contribution is 2.34. The van der Waals surface area contributed by atoms with Gasteiger partial charge in [0.2, 0.25) is 0 Å². The number of nitrogens with one attached hydrogen (secondary N) is 1. The number of hydrogen-bond acceptors (Lipinski definition) is 4. The Labute approximate surface area is 123 Å². The summed E-state index contributed by atoms with van der Waals surface area (Å²) >= 11 is 0. The molecule has 4 nitrogen and oxygen atoms in total. The zero-order chi connectivity index (χ0) is 14.8. The van der Waals surface area contributed by atoms with Crippen LogP contribution in [-0.4, -0.2) is 49.2 Å². The predicted molar refractivity (Wildman–Crippen MR) is 80.7 cm³/mol. The van der Waals surface area contributed by atoms with Gasteiger partial charge >= 0.3 is 5.97 Å². The van der Waals surface area contributed by atoms with E-state index in [4.69, 9.17) is 4.74 Å². The van der Waals surface area contributed by atoms with Gasteiger partial charge in [-0.1, -0.05) is 20.3 Å². The van der Waals surface area contributed by atoms with Gasteiger partial charge in [-0.15, -0.1) is 0 Å². The third-order valence-corrected chi connectivity index (χ3v) is 5.19. The molecule has 0 bridgehead atoms. The first-order valence-corrected chi connectivity index (χ1v) is 7.99. The molecule has 0 aromatic rings. The number of likely N-dealkylation sites (tertiary alicyclic amines) is 1. The molecule has 1 atom stereocenters. The van der Waals surface area contributed by atoms with Crippen LogP contribution in [0.3, 0.4) is 0 Å². The lowest BCUT2D eigenvalue weighted by atomic mass is 9.78. The van der Waals surface area contributed by atoms with Crippen LogP contribution in [-0.2, 0) is 9.53 Å². The maximum atomic E-state index is 12.1. The highest BCUT2D eigenvalue weighted by molar-refractivity contribution is 5.80. The van der Waals surface area contributed by atoms with Crippen molar-refractivity contribution in [1.82, 2.24) is 10.2 Å². The second kappa shape index (κ2) is 6.02. The number of nitrogens with zero attached hydrogens (tertiary/aromatic N) is 1. The number of hydrogen-bond donors (Lipinski definition) is 1. The van der Waals surface area contributed by atoms with Gasteiger partial charge in [0, 0.05) is 12.6 Å². The average molecular weight is 282 g/mol. The Morgan fingerprint density at radius 2 is 2.00 bits per heavy atom. The maximum Gasteiger partial charge on any atom is 0.327 e. The third-order valence-electron chi connectivity index (χ3n) is 5.19. The molecule has 20 heavy (non-hydrogen) atoms. The predicted octanol–water partition coefficient (Wildman–Crippen LogP) is 2.18. The van der Waals surface area contributed by atoms with Gasteiger partial charge in [0.05, 0.1) is 7.11 Å². The van der Waals surface area contributed by atoms with Gasteiger partial charge in [0.15, 0.2) is 0 Å². The number of rotatable bonds is 6. The minimum Gasteiger partial charge on any atom is -0.468 e. The molecule has 2 rings (SSSR count). The van der Waals surface area contributed by atoms with Crippen LogP contribution in [0.1, 0.15) is 52.9 Å². The van der Waals surface area contributed by atoms with Crippen molar-refractivity contribution in [3.8, 4) is 0 Å². The molecule has 1 saturated heterocycles. The van der Waals surface area contributed by atoms with E-state index in [1.165, 1.54) is 39.2 Å². The molecule has 0 aromatic heterocycles. The van der Waals surface area contributed by atoms with Gasteiger partial charge in [-0.05, 0) is 51.1 Å². The molecule has 1 aliphatic heterocycles. The van der Waals surface area contributed by atoms with Crippen LogP contribution in [0.4, 0.5) is 0 Å². The summed E-state index contributed by atoms with van der Waals surface area (Å²) in [5, 5.41) is 3.48. The van der Waals surface area contributed by atoms with Crippen LogP contribution < -0.4 is 5.32 Å². The minimum absolute atomic E-state index is 0.131. The van der Waals surface area contributed by atoms with E-state index in [1.807, 2.05) is 6.92 Å². The lowest BCUT2D eigenvalue weighted by Gasteiger charge is -2.42. The van der Waals surface area contributed by atoms with Crippen molar-refractivity contribution in [3.63, 3.8) is 0 Å². The van der Waals surface area contributed by atoms with Crippen LogP contribution in [0.15, 0.2) is 0 Å². The molecule has 1 N–H and O–H groups in total. The Morgan fingerprint density at radius 1 is 1.40 bits per heavy atom. The summed E-state index contributed by atoms with van der Waals surface area (Å²) in [5.41, 5.74) is -0.0715. The molecular weight excluding hydrogens is 252 g/mol. The number of ether oxygens (including phenoxy) is 1. The van der Waals surface area contributed by atoms with Crippen molar-refractivity contribution in [3.05, 3.63) is 0 Å². The number of carbonyl (C=O) groups is 1. The fraction of sp³-hybridized carbons (Fsp3) is 0.938. The van der Waals surface area contributed by atoms with E-state index in [-0.39, 0.29) is 5.97 Å². The van der Waals surface area contributed by atoms with E-state index < -0.39 is 5.54 Å². The monoisotopic (exact) mass is 282 g/mol. The number of carbonyl (C=O) groups excluding carboxylic acids is 1. The van der Waals surface area contributed by atoms with Crippen LogP contribution in [0.2, 0.25) is 0 Å². The second-order valence-corrected chi connectivity index (χ2v) is 7.18. The molecule has 1 aliphatic carbocycles. The van der Waals surface area contributed by atoms with Gasteiger partial charge in [0.1, 0.15) is 5.54 Å². The number of esters is 1. The van der Waals surface area contributed by atoms with Crippen molar-refractivity contribution >= 4 is 5.97 Å². The van der Waals surface area contributed by atoms with Crippen LogP contribution in [0.25, 0.3) is 0 Å². The molecule has 1 unspecified atom stereocenters. The molecule has 116 valence electrons. The number of piperidine rings is 1. The Morgan fingerprint density at radius 3 is 2.45 bits per heavy atom. The first kappa shape index (κ1) is 15.8. The quantitative estimate of drug-likeness (QED) is 0.758. The summed E-state index contributed by atoms with van der Waals surface area (Å²) < 4.78 is 5.02. The largest absolute Gasteiger partial charge is 0.468 e. The first-order chi connectivity index (χ1) is 9.41. The smallest absolute Gasteiger partial charge is 0.327 e. The van der Waals surface area contributed by atoms with E-state index in [9.17, 15) is 4.79 Å². The van der Waals surface area contributed by atoms with Gasteiger partial charge in [-0.3, -0.25) is 10.1 Å². The Hall–Kier alpha value is -0.610. The number of methoxy groups -OCH3 is 1. The maximum absolute atomic E-state index is 12.1. The SMILES string of the molecule is CCC1(C)CCN(CC(C)(NC2CC2)C(=O)OC)CC1. The van der Waals surface area contributed by atoms with Crippen LogP contribution in [0.5, 0.6) is 0 Å². The highest BCUT2D eigenvalue weighted by Gasteiger charge is 2.41. The van der Waals surface area contributed by atoms with E-state index in [0.29, 0.717) is 11.5 Å². The summed E-state index contributed by atoms with van der Waals surface area (Å²) in [7, 11) is 1.49. The van der Waals surface area contributed by atoms with Crippen molar-refractivity contribution in [2.24, 2.45) is 5.41 Å². The fourth-order valence-corrected chi connectivity index (χ4v) is 3.12. The summed E-state index contributed by atoms with van der Waals surface area (Å²) in [6.07, 6.45) is 6.06. The summed E-state index contributed by atoms with van der Waals surface area (Å²) in [5.74, 6) is -0.131. The summed E-state index contributed by atoms with van der Waals surface area (Å²) in [6, 6.07) is 0.504. The van der Waals surface area contributed by atoms with Crippen molar-refractivity contribution < 1.29 is 9.53 Å². The summed E-state index contributed by atoms with van der Waals surface area (Å²) in [4.78, 5) is 14.6. The van der Waals surface area contributed by atoms with E-state index in [0.717, 1.165) is 19.6 Å². The first-order valence-electron chi connectivity index (χ1n) is 7.99. The normalized spacial score (nSPS) is 26.0. The fourth-order valence-electron chi connectivity index (χ4n) is 3.12. The average Bonchev–Trinajstić information content (AvgIpc) is 3.24. The van der Waals surface area contributed by atoms with Gasteiger partial charge in [-0.25, -0.2) is 0 Å². The molecule has 0 amide bonds. The lowest BCUT2D eigenvalue weighted by Crippen LogP contribution is -2.59. The van der Waals surface area contributed by atoms with E-state index in [2.05, 4.69) is 24.1 Å². The van der Waals surface area contributed by atoms with Gasteiger partial charge in [0.25, 0.3) is 0 Å². The molecule has 0 spiro atoms. The lowest BCUT2D eigenvalue weighted by molar-refractivity contribution is -0.149. The molecule has 1 heterocycles. The minimum atomic E-state index is -0.560. The van der Waals surface area contributed by atoms with Crippen LogP contribution in [0, 0.1) is 5.41 Å². The third kappa shape index (κ3) is 3.73. The molecule has 0 aromatic carbocycles. The molecule has 2 aliphatic rings. The molecule has 4 heteroatoms. The standard InChI is InChI=1S/C16H30N2O2/c1-5-15(2)8-10-18(11-9-15)12-16(3,14(19)20-4)17-13-6-7-13/h13,17H,5-12H2,1-4H3. The van der Waals surface area contributed by atoms with Crippen LogP contribution >= 0.6 is 0 Å². The molecular formula is C16H30N2O2. The zero-order valence-corrected chi connectivity index (χ0v) is 13.5. The molecule has 1 saturated carbocycles. The Balaban J connectivity index is 1.93.